The lowest BCUT2D eigenvalue weighted by atomic mass is 9.88. The van der Waals surface area contributed by atoms with Crippen LogP contribution in [0.3, 0.4) is 0 Å². The largest absolute Gasteiger partial charge is 0.391 e. The Morgan fingerprint density at radius 2 is 2.21 bits per heavy atom. The van der Waals surface area contributed by atoms with Gasteiger partial charge in [0.1, 0.15) is 0 Å². The molecule has 2 N–H and O–H groups in total. The van der Waals surface area contributed by atoms with E-state index in [0.717, 1.165) is 18.5 Å². The Hall–Kier alpha value is -0.570. The second-order valence-corrected chi connectivity index (χ2v) is 4.32. The van der Waals surface area contributed by atoms with Crippen LogP contribution in [-0.4, -0.2) is 17.8 Å². The van der Waals surface area contributed by atoms with Crippen molar-refractivity contribution < 1.29 is 5.11 Å². The zero-order chi connectivity index (χ0) is 10.2. The summed E-state index contributed by atoms with van der Waals surface area (Å²) in [6.45, 7) is 2.83. The lowest BCUT2D eigenvalue weighted by molar-refractivity contribution is 0.107. The summed E-state index contributed by atoms with van der Waals surface area (Å²) in [5.41, 5.74) is 0.588. The van der Waals surface area contributed by atoms with Gasteiger partial charge in [0.05, 0.1) is 11.6 Å². The van der Waals surface area contributed by atoms with Crippen LogP contribution in [0.1, 0.15) is 18.9 Å². The van der Waals surface area contributed by atoms with Gasteiger partial charge in [-0.15, -0.1) is 0 Å². The molecule has 0 aliphatic carbocycles. The molecule has 0 spiro atoms. The molecule has 1 aromatic rings. The molecule has 1 saturated heterocycles. The average molecular weight is 212 g/mol. The van der Waals surface area contributed by atoms with Crippen LogP contribution in [0.2, 0.25) is 5.02 Å². The van der Waals surface area contributed by atoms with Crippen molar-refractivity contribution >= 4 is 11.6 Å². The van der Waals surface area contributed by atoms with E-state index in [-0.39, 0.29) is 6.10 Å². The molecule has 76 valence electrons. The third kappa shape index (κ3) is 1.44. The van der Waals surface area contributed by atoms with Crippen LogP contribution < -0.4 is 5.32 Å². The molecule has 1 fully saturated rings. The molecule has 1 aromatic carbocycles. The fourth-order valence-electron chi connectivity index (χ4n) is 2.03. The minimum absolute atomic E-state index is 0.359. The van der Waals surface area contributed by atoms with E-state index < -0.39 is 5.54 Å². The van der Waals surface area contributed by atoms with Crippen molar-refractivity contribution in [1.29, 1.82) is 0 Å². The van der Waals surface area contributed by atoms with Crippen LogP contribution >= 0.6 is 11.6 Å². The molecule has 0 aromatic heterocycles. The van der Waals surface area contributed by atoms with E-state index in [1.807, 2.05) is 31.2 Å². The van der Waals surface area contributed by atoms with Gasteiger partial charge >= 0.3 is 0 Å². The third-order valence-electron chi connectivity index (χ3n) is 3.01. The summed E-state index contributed by atoms with van der Waals surface area (Å²) >= 11 is 6.11. The Balaban J connectivity index is 2.43. The Kier molecular flexibility index (Phi) is 2.52. The highest BCUT2D eigenvalue weighted by Crippen LogP contribution is 2.34. The Labute approximate surface area is 88.9 Å². The second-order valence-electron chi connectivity index (χ2n) is 3.91. The first-order valence-electron chi connectivity index (χ1n) is 4.83. The molecule has 3 heteroatoms. The third-order valence-corrected chi connectivity index (χ3v) is 3.34. The van der Waals surface area contributed by atoms with E-state index >= 15 is 0 Å². The summed E-state index contributed by atoms with van der Waals surface area (Å²) in [5, 5.41) is 13.9. The van der Waals surface area contributed by atoms with Crippen molar-refractivity contribution in [2.45, 2.75) is 25.0 Å². The van der Waals surface area contributed by atoms with Gasteiger partial charge in [-0.1, -0.05) is 29.8 Å². The highest BCUT2D eigenvalue weighted by atomic mass is 35.5. The smallest absolute Gasteiger partial charge is 0.0773 e. The Bertz CT molecular complexity index is 342. The van der Waals surface area contributed by atoms with Crippen LogP contribution in [0.25, 0.3) is 0 Å². The molecule has 0 radical (unpaired) electrons. The molecule has 2 nitrogen and oxygen atoms in total. The normalized spacial score (nSPS) is 32.1. The van der Waals surface area contributed by atoms with Crippen molar-refractivity contribution in [2.24, 2.45) is 0 Å². The van der Waals surface area contributed by atoms with Gasteiger partial charge in [-0.25, -0.2) is 0 Å². The fraction of sp³-hybridized carbons (Fsp3) is 0.455. The van der Waals surface area contributed by atoms with Gasteiger partial charge in [-0.3, -0.25) is 0 Å². The molecule has 1 aliphatic rings. The average Bonchev–Trinajstić information content (AvgIpc) is 2.49. The molecule has 2 unspecified atom stereocenters. The number of hydrogen-bond acceptors (Lipinski definition) is 2. The minimum Gasteiger partial charge on any atom is -0.391 e. The number of hydrogen-bond donors (Lipinski definition) is 2. The zero-order valence-electron chi connectivity index (χ0n) is 8.13. The summed E-state index contributed by atoms with van der Waals surface area (Å²) in [4.78, 5) is 0. The second kappa shape index (κ2) is 3.54. The standard InChI is InChI=1S/C11H14ClNO/c1-11(10(14)6-7-13-11)8-4-2-3-5-9(8)12/h2-5,10,13-14H,6-7H2,1H3. The number of rotatable bonds is 1. The van der Waals surface area contributed by atoms with E-state index in [1.165, 1.54) is 0 Å². The number of benzene rings is 1. The summed E-state index contributed by atoms with van der Waals surface area (Å²) in [6, 6.07) is 7.66. The van der Waals surface area contributed by atoms with Crippen molar-refractivity contribution in [2.75, 3.05) is 6.54 Å². The molecule has 0 amide bonds. The van der Waals surface area contributed by atoms with Crippen molar-refractivity contribution in [3.05, 3.63) is 34.9 Å². The van der Waals surface area contributed by atoms with E-state index in [9.17, 15) is 5.11 Å². The first-order valence-corrected chi connectivity index (χ1v) is 5.20. The van der Waals surface area contributed by atoms with Gasteiger partial charge < -0.3 is 10.4 Å². The molecule has 14 heavy (non-hydrogen) atoms. The highest BCUT2D eigenvalue weighted by Gasteiger charge is 2.39. The van der Waals surface area contributed by atoms with Gasteiger partial charge in [0, 0.05) is 5.02 Å². The van der Waals surface area contributed by atoms with Crippen molar-refractivity contribution in [3.63, 3.8) is 0 Å². The molecule has 2 atom stereocenters. The maximum Gasteiger partial charge on any atom is 0.0773 e. The zero-order valence-corrected chi connectivity index (χ0v) is 8.88. The van der Waals surface area contributed by atoms with Gasteiger partial charge in [0.25, 0.3) is 0 Å². The lowest BCUT2D eigenvalue weighted by Crippen LogP contribution is -2.41. The van der Waals surface area contributed by atoms with E-state index in [0.29, 0.717) is 5.02 Å². The van der Waals surface area contributed by atoms with E-state index in [1.54, 1.807) is 0 Å². The SMILES string of the molecule is CC1(c2ccccc2Cl)NCCC1O. The molecule has 0 bridgehead atoms. The number of aliphatic hydroxyl groups excluding tert-OH is 1. The summed E-state index contributed by atoms with van der Waals surface area (Å²) in [6.07, 6.45) is 0.421. The van der Waals surface area contributed by atoms with Crippen LogP contribution in [0, 0.1) is 0 Å². The van der Waals surface area contributed by atoms with E-state index in [4.69, 9.17) is 11.6 Å². The van der Waals surface area contributed by atoms with Crippen LogP contribution in [-0.2, 0) is 5.54 Å². The number of aliphatic hydroxyl groups is 1. The quantitative estimate of drug-likeness (QED) is 0.744. The minimum atomic E-state index is -0.391. The molecule has 0 saturated carbocycles. The predicted octanol–water partition coefficient (Wildman–Crippen LogP) is 1.91. The molecule has 2 rings (SSSR count). The summed E-state index contributed by atoms with van der Waals surface area (Å²) in [7, 11) is 0. The van der Waals surface area contributed by atoms with Crippen LogP contribution in [0.15, 0.2) is 24.3 Å². The lowest BCUT2D eigenvalue weighted by Gasteiger charge is -2.29. The number of nitrogens with one attached hydrogen (secondary N) is 1. The van der Waals surface area contributed by atoms with Crippen LogP contribution in [0.5, 0.6) is 0 Å². The fourth-order valence-corrected chi connectivity index (χ4v) is 2.36. The molecular weight excluding hydrogens is 198 g/mol. The molecule has 1 aliphatic heterocycles. The van der Waals surface area contributed by atoms with E-state index in [2.05, 4.69) is 5.32 Å². The summed E-state index contributed by atoms with van der Waals surface area (Å²) < 4.78 is 0. The first kappa shape index (κ1) is 9.97. The maximum atomic E-state index is 9.90. The van der Waals surface area contributed by atoms with Gasteiger partial charge in [0.15, 0.2) is 0 Å². The first-order chi connectivity index (χ1) is 6.64. The van der Waals surface area contributed by atoms with Crippen LogP contribution in [0.4, 0.5) is 0 Å². The topological polar surface area (TPSA) is 32.3 Å². The van der Waals surface area contributed by atoms with Gasteiger partial charge in [-0.2, -0.15) is 0 Å². The monoisotopic (exact) mass is 211 g/mol. The Morgan fingerprint density at radius 3 is 2.79 bits per heavy atom. The molecule has 1 heterocycles. The Morgan fingerprint density at radius 1 is 1.50 bits per heavy atom. The van der Waals surface area contributed by atoms with Gasteiger partial charge in [-0.05, 0) is 31.5 Å². The maximum absolute atomic E-state index is 9.90. The van der Waals surface area contributed by atoms with Crippen molar-refractivity contribution in [1.82, 2.24) is 5.32 Å². The number of halogens is 1. The van der Waals surface area contributed by atoms with Crippen molar-refractivity contribution in [3.8, 4) is 0 Å². The summed E-state index contributed by atoms with van der Waals surface area (Å²) in [5.74, 6) is 0. The van der Waals surface area contributed by atoms with Gasteiger partial charge in [0.2, 0.25) is 0 Å². The highest BCUT2D eigenvalue weighted by molar-refractivity contribution is 6.31. The molecular formula is C11H14ClNO. The predicted molar refractivity (Wildman–Crippen MR) is 57.4 cm³/mol.